The van der Waals surface area contributed by atoms with E-state index in [1.807, 2.05) is 0 Å². The van der Waals surface area contributed by atoms with Crippen LogP contribution in [-0.2, 0) is 27.8 Å². The predicted octanol–water partition coefficient (Wildman–Crippen LogP) is 1.71. The first-order valence-corrected chi connectivity index (χ1v) is 7.51. The van der Waals surface area contributed by atoms with Crippen molar-refractivity contribution < 1.29 is 13.3 Å². The molecule has 1 heterocycles. The predicted molar refractivity (Wildman–Crippen MR) is 70.0 cm³/mol. The molecule has 0 saturated carbocycles. The van der Waals surface area contributed by atoms with E-state index in [1.165, 1.54) is 12.1 Å². The van der Waals surface area contributed by atoms with Gasteiger partial charge in [0.15, 0.2) is 0 Å². The minimum atomic E-state index is -0.934. The molecule has 1 atom stereocenters. The first-order valence-electron chi connectivity index (χ1n) is 6.13. The zero-order valence-electron chi connectivity index (χ0n) is 10.2. The number of halogens is 1. The molecule has 1 saturated heterocycles. The molecule has 2 rings (SSSR count). The Morgan fingerprint density at radius 1 is 1.33 bits per heavy atom. The number of hydrogen-bond donors (Lipinski definition) is 1. The Balaban J connectivity index is 2.06. The molecule has 18 heavy (non-hydrogen) atoms. The lowest BCUT2D eigenvalue weighted by atomic mass is 10.1. The normalized spacial score (nSPS) is 18.8. The minimum absolute atomic E-state index is 0.189. The largest absolute Gasteiger partial charge is 0.381 e. The number of rotatable bonds is 4. The van der Waals surface area contributed by atoms with E-state index in [-0.39, 0.29) is 17.6 Å². The Labute approximate surface area is 109 Å². The quantitative estimate of drug-likeness (QED) is 0.907. The summed E-state index contributed by atoms with van der Waals surface area (Å²) in [4.78, 5) is 0. The molecule has 3 nitrogen and oxygen atoms in total. The molecule has 0 radical (unpaired) electrons. The smallest absolute Gasteiger partial charge is 0.123 e. The van der Waals surface area contributed by atoms with Crippen LogP contribution in [0.1, 0.15) is 24.0 Å². The fourth-order valence-electron chi connectivity index (χ4n) is 2.14. The summed E-state index contributed by atoms with van der Waals surface area (Å²) in [5.74, 6) is 0.161. The average Bonchev–Trinajstić information content (AvgIpc) is 2.41. The maximum atomic E-state index is 13.1. The van der Waals surface area contributed by atoms with E-state index in [0.717, 1.165) is 24.0 Å². The van der Waals surface area contributed by atoms with E-state index in [2.05, 4.69) is 0 Å². The molecular weight excluding hydrogens is 253 g/mol. The van der Waals surface area contributed by atoms with Crippen LogP contribution in [0, 0.1) is 5.82 Å². The highest BCUT2D eigenvalue weighted by atomic mass is 32.2. The van der Waals surface area contributed by atoms with Crippen LogP contribution in [0.15, 0.2) is 18.2 Å². The Morgan fingerprint density at radius 3 is 2.72 bits per heavy atom. The van der Waals surface area contributed by atoms with Gasteiger partial charge in [0.1, 0.15) is 5.82 Å². The summed E-state index contributed by atoms with van der Waals surface area (Å²) in [7, 11) is -0.934. The Morgan fingerprint density at radius 2 is 2.06 bits per heavy atom. The lowest BCUT2D eigenvalue weighted by molar-refractivity contribution is 0.0992. The second-order valence-electron chi connectivity index (χ2n) is 4.45. The van der Waals surface area contributed by atoms with Gasteiger partial charge in [0.25, 0.3) is 0 Å². The number of nitrogens with two attached hydrogens (primary N) is 1. The van der Waals surface area contributed by atoms with Crippen molar-refractivity contribution in [2.75, 3.05) is 13.2 Å². The molecule has 0 aromatic heterocycles. The van der Waals surface area contributed by atoms with Crippen LogP contribution in [0.4, 0.5) is 4.39 Å². The van der Waals surface area contributed by atoms with Gasteiger partial charge in [0.2, 0.25) is 0 Å². The van der Waals surface area contributed by atoms with E-state index in [1.54, 1.807) is 6.07 Å². The molecule has 0 aliphatic carbocycles. The molecule has 5 heteroatoms. The average molecular weight is 271 g/mol. The van der Waals surface area contributed by atoms with Gasteiger partial charge in [-0.05, 0) is 36.1 Å². The van der Waals surface area contributed by atoms with Crippen LogP contribution >= 0.6 is 0 Å². The Hall–Kier alpha value is -0.780. The Kier molecular flexibility index (Phi) is 4.86. The molecule has 0 spiro atoms. The molecular formula is C13H18FNO2S. The van der Waals surface area contributed by atoms with E-state index in [9.17, 15) is 8.60 Å². The second-order valence-corrected chi connectivity index (χ2v) is 6.17. The minimum Gasteiger partial charge on any atom is -0.381 e. The molecule has 0 amide bonds. The highest BCUT2D eigenvalue weighted by molar-refractivity contribution is 7.84. The SMILES string of the molecule is NCc1cc(F)ccc1CS(=O)C1CCOCC1. The molecule has 100 valence electrons. The van der Waals surface area contributed by atoms with Crippen molar-refractivity contribution in [2.45, 2.75) is 30.4 Å². The summed E-state index contributed by atoms with van der Waals surface area (Å²) < 4.78 is 30.6. The van der Waals surface area contributed by atoms with Gasteiger partial charge in [0, 0.05) is 41.6 Å². The zero-order valence-corrected chi connectivity index (χ0v) is 11.0. The van der Waals surface area contributed by atoms with Crippen molar-refractivity contribution >= 4 is 10.8 Å². The van der Waals surface area contributed by atoms with Gasteiger partial charge < -0.3 is 10.5 Å². The summed E-state index contributed by atoms with van der Waals surface area (Å²) in [5.41, 5.74) is 7.23. The third-order valence-corrected chi connectivity index (χ3v) is 5.04. The first kappa shape index (κ1) is 13.6. The van der Waals surface area contributed by atoms with Gasteiger partial charge in [-0.2, -0.15) is 0 Å². The van der Waals surface area contributed by atoms with Crippen LogP contribution in [-0.4, -0.2) is 22.7 Å². The van der Waals surface area contributed by atoms with Crippen LogP contribution in [0.2, 0.25) is 0 Å². The Bertz CT molecular complexity index is 433. The summed E-state index contributed by atoms with van der Waals surface area (Å²) >= 11 is 0. The van der Waals surface area contributed by atoms with Crippen LogP contribution in [0.25, 0.3) is 0 Å². The van der Waals surface area contributed by atoms with Crippen molar-refractivity contribution in [3.05, 3.63) is 35.1 Å². The second kappa shape index (κ2) is 6.41. The lowest BCUT2D eigenvalue weighted by Gasteiger charge is -2.21. The highest BCUT2D eigenvalue weighted by Crippen LogP contribution is 2.19. The molecule has 1 aliphatic rings. The van der Waals surface area contributed by atoms with Gasteiger partial charge in [-0.25, -0.2) is 4.39 Å². The third kappa shape index (κ3) is 3.37. The number of ether oxygens (including phenoxy) is 1. The summed E-state index contributed by atoms with van der Waals surface area (Å²) in [6.45, 7) is 1.64. The van der Waals surface area contributed by atoms with E-state index in [0.29, 0.717) is 19.0 Å². The van der Waals surface area contributed by atoms with Crippen molar-refractivity contribution in [2.24, 2.45) is 5.73 Å². The fourth-order valence-corrected chi connectivity index (χ4v) is 3.68. The monoisotopic (exact) mass is 271 g/mol. The summed E-state index contributed by atoms with van der Waals surface area (Å²) in [5, 5.41) is 0.189. The van der Waals surface area contributed by atoms with Crippen molar-refractivity contribution in [1.29, 1.82) is 0 Å². The molecule has 1 fully saturated rings. The molecule has 2 N–H and O–H groups in total. The number of benzene rings is 1. The van der Waals surface area contributed by atoms with Gasteiger partial charge in [0.05, 0.1) is 0 Å². The standard InChI is InChI=1S/C13H18FNO2S/c14-12-2-1-10(11(7-12)8-15)9-18(16)13-3-5-17-6-4-13/h1-2,7,13H,3-6,8-9,15H2. The van der Waals surface area contributed by atoms with Crippen LogP contribution in [0.3, 0.4) is 0 Å². The molecule has 0 bridgehead atoms. The van der Waals surface area contributed by atoms with Crippen molar-refractivity contribution in [1.82, 2.24) is 0 Å². The van der Waals surface area contributed by atoms with E-state index in [4.69, 9.17) is 10.5 Å². The molecule has 1 aliphatic heterocycles. The summed E-state index contributed by atoms with van der Waals surface area (Å²) in [6.07, 6.45) is 1.68. The fraction of sp³-hybridized carbons (Fsp3) is 0.538. The molecule has 1 aromatic rings. The topological polar surface area (TPSA) is 52.3 Å². The van der Waals surface area contributed by atoms with Crippen molar-refractivity contribution in [3.8, 4) is 0 Å². The van der Waals surface area contributed by atoms with E-state index < -0.39 is 10.8 Å². The molecule has 1 aromatic carbocycles. The van der Waals surface area contributed by atoms with Gasteiger partial charge in [-0.1, -0.05) is 6.07 Å². The van der Waals surface area contributed by atoms with Crippen LogP contribution in [0.5, 0.6) is 0 Å². The summed E-state index contributed by atoms with van der Waals surface area (Å²) in [6, 6.07) is 4.51. The van der Waals surface area contributed by atoms with Gasteiger partial charge in [-0.15, -0.1) is 0 Å². The lowest BCUT2D eigenvalue weighted by Crippen LogP contribution is -2.26. The maximum Gasteiger partial charge on any atom is 0.123 e. The maximum absolute atomic E-state index is 13.1. The number of hydrogen-bond acceptors (Lipinski definition) is 3. The zero-order chi connectivity index (χ0) is 13.0. The first-order chi connectivity index (χ1) is 8.70. The molecule has 1 unspecified atom stereocenters. The third-order valence-electron chi connectivity index (χ3n) is 3.23. The van der Waals surface area contributed by atoms with Gasteiger partial charge >= 0.3 is 0 Å². The highest BCUT2D eigenvalue weighted by Gasteiger charge is 2.21. The van der Waals surface area contributed by atoms with Gasteiger partial charge in [-0.3, -0.25) is 4.21 Å². The van der Waals surface area contributed by atoms with Crippen molar-refractivity contribution in [3.63, 3.8) is 0 Å². The van der Waals surface area contributed by atoms with Crippen LogP contribution < -0.4 is 5.73 Å². The van der Waals surface area contributed by atoms with E-state index >= 15 is 0 Å².